The van der Waals surface area contributed by atoms with Crippen LogP contribution in [0.1, 0.15) is 27.2 Å². The van der Waals surface area contributed by atoms with Crippen LogP contribution in [0.5, 0.6) is 0 Å². The molecule has 0 bridgehead atoms. The van der Waals surface area contributed by atoms with Crippen molar-refractivity contribution in [3.05, 3.63) is 30.3 Å². The van der Waals surface area contributed by atoms with Crippen LogP contribution in [-0.2, 0) is 9.53 Å². The topological polar surface area (TPSA) is 26.3 Å². The normalized spacial score (nSPS) is 35.7. The summed E-state index contributed by atoms with van der Waals surface area (Å²) in [5.41, 5.74) is -1.77. The average molecular weight is 367 g/mol. The minimum absolute atomic E-state index is 0.150. The predicted molar refractivity (Wildman–Crippen MR) is 90.2 cm³/mol. The second-order valence-corrected chi connectivity index (χ2v) is 13.4. The average Bonchev–Trinajstić information content (AvgIpc) is 2.45. The van der Waals surface area contributed by atoms with Gasteiger partial charge in [0.15, 0.2) is 0 Å². The van der Waals surface area contributed by atoms with Crippen LogP contribution in [0, 0.1) is 18.3 Å². The van der Waals surface area contributed by atoms with Gasteiger partial charge in [-0.15, -0.1) is 0 Å². The molecule has 112 valence electrons. The Bertz CT molecular complexity index is 619. The second kappa shape index (κ2) is 6.13. The van der Waals surface area contributed by atoms with Crippen LogP contribution >= 0.6 is 5.51 Å². The van der Waals surface area contributed by atoms with Gasteiger partial charge >= 0.3 is 135 Å². The molecular formula is C17H21O2PSe. The first-order chi connectivity index (χ1) is 9.84. The van der Waals surface area contributed by atoms with Gasteiger partial charge in [-0.25, -0.2) is 0 Å². The molecule has 1 aromatic rings. The zero-order chi connectivity index (χ0) is 15.7. The number of esters is 1. The van der Waals surface area contributed by atoms with Crippen molar-refractivity contribution in [2.24, 2.45) is 5.92 Å². The Balaban J connectivity index is 2.37. The van der Waals surface area contributed by atoms with Crippen molar-refractivity contribution in [2.75, 3.05) is 6.16 Å². The quantitative estimate of drug-likeness (QED) is 0.348. The summed E-state index contributed by atoms with van der Waals surface area (Å²) in [6, 6.07) is 10.6. The Hall–Kier alpha value is -0.801. The van der Waals surface area contributed by atoms with Crippen molar-refractivity contribution in [3.63, 3.8) is 0 Å². The number of terminal acetylenes is 1. The number of ether oxygens (including phenoxy) is 1. The van der Waals surface area contributed by atoms with Crippen LogP contribution < -0.4 is 5.30 Å². The van der Waals surface area contributed by atoms with E-state index in [0.29, 0.717) is 5.66 Å². The molecule has 0 aromatic heterocycles. The molecule has 4 heteroatoms. The molecular weight excluding hydrogens is 346 g/mol. The van der Waals surface area contributed by atoms with E-state index in [1.807, 2.05) is 6.07 Å². The summed E-state index contributed by atoms with van der Waals surface area (Å²) in [5.74, 6) is 2.64. The van der Waals surface area contributed by atoms with Crippen molar-refractivity contribution in [3.8, 4) is 12.3 Å². The Morgan fingerprint density at radius 2 is 2.05 bits per heavy atom. The van der Waals surface area contributed by atoms with Crippen LogP contribution in [-0.4, -0.2) is 38.5 Å². The maximum absolute atomic E-state index is 11.4. The molecule has 1 aliphatic rings. The van der Waals surface area contributed by atoms with Gasteiger partial charge in [0.1, 0.15) is 0 Å². The van der Waals surface area contributed by atoms with E-state index in [2.05, 4.69) is 59.1 Å². The van der Waals surface area contributed by atoms with E-state index in [-0.39, 0.29) is 11.9 Å². The van der Waals surface area contributed by atoms with Gasteiger partial charge in [0.05, 0.1) is 0 Å². The van der Waals surface area contributed by atoms with E-state index in [0.717, 1.165) is 12.6 Å². The van der Waals surface area contributed by atoms with E-state index in [1.165, 1.54) is 12.2 Å². The molecule has 2 rings (SSSR count). The molecule has 1 fully saturated rings. The van der Waals surface area contributed by atoms with E-state index >= 15 is 0 Å². The van der Waals surface area contributed by atoms with Gasteiger partial charge in [-0.2, -0.15) is 0 Å². The predicted octanol–water partition coefficient (Wildman–Crippen LogP) is 2.78. The van der Waals surface area contributed by atoms with Gasteiger partial charge < -0.3 is 0 Å². The van der Waals surface area contributed by atoms with Gasteiger partial charge in [0.25, 0.3) is 0 Å². The molecule has 21 heavy (non-hydrogen) atoms. The number of benzene rings is 1. The number of hydrogen-bond acceptors (Lipinski definition) is 2. The third-order valence-corrected chi connectivity index (χ3v) is 12.8. The van der Waals surface area contributed by atoms with E-state index in [4.69, 9.17) is 11.2 Å². The first-order valence-corrected chi connectivity index (χ1v) is 11.4. The fourth-order valence-electron chi connectivity index (χ4n) is 3.19. The standard InChI is InChI=1S/C17H21O2PSe/c1-5-17(19-15(4)18)11-14(3)20(21,12-13(17)2)16-9-7-6-8-10-16/h1,6-10,13-14H,11-12H2,2-4H3/t13-,14+,17-,20-/m0/s1. The van der Waals surface area contributed by atoms with Crippen LogP contribution in [0.3, 0.4) is 0 Å². The van der Waals surface area contributed by atoms with E-state index in [9.17, 15) is 4.79 Å². The maximum atomic E-state index is 11.4. The summed E-state index contributed by atoms with van der Waals surface area (Å²) < 4.78 is 5.57. The summed E-state index contributed by atoms with van der Waals surface area (Å²) in [4.78, 5) is 11.4. The molecule has 0 N–H and O–H groups in total. The van der Waals surface area contributed by atoms with Crippen molar-refractivity contribution in [1.29, 1.82) is 0 Å². The molecule has 0 saturated carbocycles. The fraction of sp³-hybridized carbons (Fsp3) is 0.471. The SMILES string of the molecule is C#C[C@]1(OC(C)=O)C[C@@H](C)[P@](=[Se])(c2ccccc2)C[C@@H]1C. The van der Waals surface area contributed by atoms with Gasteiger partial charge in [-0.1, -0.05) is 0 Å². The van der Waals surface area contributed by atoms with Crippen LogP contribution in [0.2, 0.25) is 0 Å². The summed E-state index contributed by atoms with van der Waals surface area (Å²) in [6.45, 7) is 5.76. The minimum atomic E-state index is -1.41. The van der Waals surface area contributed by atoms with Gasteiger partial charge in [-0.05, 0) is 0 Å². The van der Waals surface area contributed by atoms with Crippen LogP contribution in [0.15, 0.2) is 30.3 Å². The Morgan fingerprint density at radius 1 is 1.43 bits per heavy atom. The molecule has 1 aromatic carbocycles. The van der Waals surface area contributed by atoms with E-state index in [1.54, 1.807) is 0 Å². The van der Waals surface area contributed by atoms with Gasteiger partial charge in [0, 0.05) is 0 Å². The molecule has 0 spiro atoms. The summed E-state index contributed by atoms with van der Waals surface area (Å²) >= 11 is 3.51. The first-order valence-electron chi connectivity index (χ1n) is 7.16. The Labute approximate surface area is 134 Å². The van der Waals surface area contributed by atoms with Crippen LogP contribution in [0.25, 0.3) is 0 Å². The van der Waals surface area contributed by atoms with Crippen molar-refractivity contribution < 1.29 is 9.53 Å². The van der Waals surface area contributed by atoms with E-state index < -0.39 is 11.1 Å². The zero-order valence-electron chi connectivity index (χ0n) is 12.7. The number of rotatable bonds is 2. The number of carbonyl (C=O) groups is 1. The summed E-state index contributed by atoms with van der Waals surface area (Å²) in [7, 11) is 0. The molecule has 0 aliphatic carbocycles. The second-order valence-electron chi connectivity index (χ2n) is 5.90. The van der Waals surface area contributed by atoms with Gasteiger partial charge in [-0.3, -0.25) is 0 Å². The number of carbonyl (C=O) groups excluding carboxylic acids is 1. The number of hydrogen-bond donors (Lipinski definition) is 0. The molecule has 0 radical (unpaired) electrons. The first kappa shape index (κ1) is 16.6. The van der Waals surface area contributed by atoms with Crippen LogP contribution in [0.4, 0.5) is 0 Å². The Kier molecular flexibility index (Phi) is 4.84. The molecule has 1 saturated heterocycles. The zero-order valence-corrected chi connectivity index (χ0v) is 15.3. The fourth-order valence-corrected chi connectivity index (χ4v) is 9.27. The van der Waals surface area contributed by atoms with Gasteiger partial charge in [0.2, 0.25) is 0 Å². The Morgan fingerprint density at radius 3 is 2.57 bits per heavy atom. The monoisotopic (exact) mass is 368 g/mol. The molecule has 0 unspecified atom stereocenters. The summed E-state index contributed by atoms with van der Waals surface area (Å²) in [5, 5.41) is 1.39. The molecule has 4 atom stereocenters. The molecule has 0 amide bonds. The van der Waals surface area contributed by atoms with Crippen molar-refractivity contribution >= 4 is 31.9 Å². The van der Waals surface area contributed by atoms with Crippen molar-refractivity contribution in [2.45, 2.75) is 38.5 Å². The molecule has 1 heterocycles. The molecule has 1 aliphatic heterocycles. The molecule has 2 nitrogen and oxygen atoms in total. The van der Waals surface area contributed by atoms with Crippen molar-refractivity contribution in [1.82, 2.24) is 0 Å². The third-order valence-electron chi connectivity index (χ3n) is 4.42. The summed E-state index contributed by atoms with van der Waals surface area (Å²) in [6.07, 6.45) is 7.43. The third kappa shape index (κ3) is 3.04.